The zero-order valence-corrected chi connectivity index (χ0v) is 23.1. The van der Waals surface area contributed by atoms with Crippen molar-refractivity contribution in [2.45, 2.75) is 69.1 Å². The number of amides is 2. The number of anilines is 1. The highest BCUT2D eigenvalue weighted by Gasteiger charge is 2.49. The molecule has 8 heteroatoms. The largest absolute Gasteiger partial charge is 0.465 e. The maximum absolute atomic E-state index is 12.9. The molecule has 1 aromatic heterocycles. The van der Waals surface area contributed by atoms with Gasteiger partial charge in [0.05, 0.1) is 5.60 Å². The maximum Gasteiger partial charge on any atom is 0.407 e. The fraction of sp³-hybridized carbons (Fsp3) is 0.406. The predicted octanol–water partition coefficient (Wildman–Crippen LogP) is 5.61. The molecule has 2 aliphatic carbocycles. The Bertz CT molecular complexity index is 1360. The molecule has 2 saturated carbocycles. The van der Waals surface area contributed by atoms with E-state index < -0.39 is 17.2 Å². The first kappa shape index (κ1) is 27.8. The van der Waals surface area contributed by atoms with Crippen LogP contribution in [0, 0.1) is 5.92 Å². The number of aliphatic hydroxyl groups is 1. The second kappa shape index (κ2) is 11.0. The molecule has 0 atom stereocenters. The van der Waals surface area contributed by atoms with Gasteiger partial charge in [-0.25, -0.2) is 9.78 Å². The number of nitrogens with one attached hydrogen (secondary N) is 1. The van der Waals surface area contributed by atoms with Crippen molar-refractivity contribution in [1.82, 2.24) is 9.88 Å². The maximum atomic E-state index is 12.9. The summed E-state index contributed by atoms with van der Waals surface area (Å²) in [5.41, 5.74) is 10.2. The van der Waals surface area contributed by atoms with Gasteiger partial charge < -0.3 is 26.2 Å². The van der Waals surface area contributed by atoms with Crippen LogP contribution in [0.15, 0.2) is 66.9 Å². The molecule has 8 nitrogen and oxygen atoms in total. The molecule has 5 rings (SSSR count). The summed E-state index contributed by atoms with van der Waals surface area (Å²) in [6.07, 6.45) is 5.55. The summed E-state index contributed by atoms with van der Waals surface area (Å²) < 4.78 is 0. The molecule has 0 radical (unpaired) electrons. The summed E-state index contributed by atoms with van der Waals surface area (Å²) >= 11 is 0. The summed E-state index contributed by atoms with van der Waals surface area (Å²) in [5, 5.41) is 22.4. The number of pyridine rings is 1. The molecule has 0 aliphatic heterocycles. The highest BCUT2D eigenvalue weighted by molar-refractivity contribution is 5.92. The van der Waals surface area contributed by atoms with Gasteiger partial charge in [-0.05, 0) is 79.7 Å². The standard InChI is InChI=1S/C32H38N4O4/c1-31(40)19-32(33,20-31)24-12-10-23(11-13-24)27-18-34-28(17-26(27)22-6-4-3-5-7-22)35-29(37)16-21-8-14-25(15-9-21)36(2)30(38)39/h3-7,10-13,17-18,21,25,40H,8-9,14-16,19-20,33H2,1-2H3,(H,38,39)(H,34,35,37)/t21-,25-,31-,32-. The third-order valence-corrected chi connectivity index (χ3v) is 8.56. The van der Waals surface area contributed by atoms with Crippen molar-refractivity contribution in [3.05, 3.63) is 72.4 Å². The normalized spacial score (nSPS) is 26.0. The highest BCUT2D eigenvalue weighted by Crippen LogP contribution is 2.46. The minimum absolute atomic E-state index is 0.0208. The number of nitrogens with zero attached hydrogens (tertiary/aromatic N) is 2. The predicted molar refractivity (Wildman–Crippen MR) is 156 cm³/mol. The number of hydrogen-bond acceptors (Lipinski definition) is 5. The third-order valence-electron chi connectivity index (χ3n) is 8.56. The molecule has 3 aromatic rings. The van der Waals surface area contributed by atoms with Crippen LogP contribution in [0.5, 0.6) is 0 Å². The molecule has 2 amide bonds. The van der Waals surface area contributed by atoms with Crippen molar-refractivity contribution in [2.24, 2.45) is 11.7 Å². The van der Waals surface area contributed by atoms with E-state index in [4.69, 9.17) is 5.73 Å². The van der Waals surface area contributed by atoms with Gasteiger partial charge in [0.1, 0.15) is 5.82 Å². The van der Waals surface area contributed by atoms with Crippen LogP contribution in [0.4, 0.5) is 10.6 Å². The molecule has 2 fully saturated rings. The fourth-order valence-electron chi connectivity index (χ4n) is 6.45. The minimum atomic E-state index is -0.906. The SMILES string of the molecule is CN(C(=O)O)[C@H]1CC[C@H](CC(=O)Nc2cc(-c3ccccc3)c(-c3ccc([C@]4(N)C[C@](C)(O)C4)cc3)cn2)CC1. The van der Waals surface area contributed by atoms with Crippen molar-refractivity contribution in [3.63, 3.8) is 0 Å². The Morgan fingerprint density at radius 1 is 1.00 bits per heavy atom. The molecule has 210 valence electrons. The average molecular weight is 543 g/mol. The van der Waals surface area contributed by atoms with Crippen molar-refractivity contribution < 1.29 is 19.8 Å². The Kier molecular flexibility index (Phi) is 7.66. The molecule has 0 saturated heterocycles. The number of carbonyl (C=O) groups is 2. The van der Waals surface area contributed by atoms with Gasteiger partial charge in [0.2, 0.25) is 5.91 Å². The van der Waals surface area contributed by atoms with Gasteiger partial charge in [-0.1, -0.05) is 54.6 Å². The number of hydrogen-bond donors (Lipinski definition) is 4. The number of carboxylic acid groups (broad SMARTS) is 1. The van der Waals surface area contributed by atoms with E-state index in [1.54, 1.807) is 13.2 Å². The number of benzene rings is 2. The smallest absolute Gasteiger partial charge is 0.407 e. The van der Waals surface area contributed by atoms with Crippen molar-refractivity contribution in [2.75, 3.05) is 12.4 Å². The number of rotatable bonds is 7. The lowest BCUT2D eigenvalue weighted by Gasteiger charge is -2.49. The molecule has 0 bridgehead atoms. The van der Waals surface area contributed by atoms with Crippen LogP contribution in [0.25, 0.3) is 22.3 Å². The first-order valence-corrected chi connectivity index (χ1v) is 14.0. The first-order valence-electron chi connectivity index (χ1n) is 14.0. The molecule has 2 aliphatic rings. The monoisotopic (exact) mass is 542 g/mol. The fourth-order valence-corrected chi connectivity index (χ4v) is 6.45. The van der Waals surface area contributed by atoms with Crippen molar-refractivity contribution in [1.29, 1.82) is 0 Å². The molecule has 0 unspecified atom stereocenters. The van der Waals surface area contributed by atoms with E-state index in [9.17, 15) is 19.8 Å². The van der Waals surface area contributed by atoms with E-state index in [0.717, 1.165) is 53.5 Å². The number of nitrogens with two attached hydrogens (primary N) is 1. The second-order valence-corrected chi connectivity index (χ2v) is 11.9. The van der Waals surface area contributed by atoms with Crippen LogP contribution in [0.3, 0.4) is 0 Å². The summed E-state index contributed by atoms with van der Waals surface area (Å²) in [7, 11) is 1.61. The lowest BCUT2D eigenvalue weighted by atomic mass is 9.63. The van der Waals surface area contributed by atoms with E-state index in [1.807, 2.05) is 67.6 Å². The zero-order chi connectivity index (χ0) is 28.5. The third kappa shape index (κ3) is 6.03. The Morgan fingerprint density at radius 3 is 2.23 bits per heavy atom. The highest BCUT2D eigenvalue weighted by atomic mass is 16.4. The van der Waals surface area contributed by atoms with Gasteiger partial charge in [-0.3, -0.25) is 4.79 Å². The van der Waals surface area contributed by atoms with Crippen LogP contribution in [0.1, 0.15) is 57.4 Å². The van der Waals surface area contributed by atoms with E-state index in [2.05, 4.69) is 10.3 Å². The molecule has 40 heavy (non-hydrogen) atoms. The van der Waals surface area contributed by atoms with Gasteiger partial charge in [0, 0.05) is 36.8 Å². The molecular weight excluding hydrogens is 504 g/mol. The van der Waals surface area contributed by atoms with Gasteiger partial charge in [-0.15, -0.1) is 0 Å². The summed E-state index contributed by atoms with van der Waals surface area (Å²) in [5.74, 6) is 0.652. The number of carbonyl (C=O) groups excluding carboxylic acids is 1. The number of aromatic nitrogens is 1. The Morgan fingerprint density at radius 2 is 1.62 bits per heavy atom. The van der Waals surface area contributed by atoms with E-state index >= 15 is 0 Å². The molecule has 2 aromatic carbocycles. The van der Waals surface area contributed by atoms with Crippen LogP contribution in [0.2, 0.25) is 0 Å². The molecule has 5 N–H and O–H groups in total. The lowest BCUT2D eigenvalue weighted by Crippen LogP contribution is -2.58. The van der Waals surface area contributed by atoms with Crippen LogP contribution >= 0.6 is 0 Å². The van der Waals surface area contributed by atoms with Crippen LogP contribution in [-0.4, -0.2) is 50.8 Å². The molecule has 1 heterocycles. The molecular formula is C32H38N4O4. The molecule has 0 spiro atoms. The van der Waals surface area contributed by atoms with E-state index in [0.29, 0.717) is 25.1 Å². The topological polar surface area (TPSA) is 129 Å². The van der Waals surface area contributed by atoms with Crippen LogP contribution < -0.4 is 11.1 Å². The van der Waals surface area contributed by atoms with Gasteiger partial charge in [-0.2, -0.15) is 0 Å². The summed E-state index contributed by atoms with van der Waals surface area (Å²) in [6.45, 7) is 1.82. The van der Waals surface area contributed by atoms with Gasteiger partial charge in [0.15, 0.2) is 0 Å². The minimum Gasteiger partial charge on any atom is -0.465 e. The average Bonchev–Trinajstić information content (AvgIpc) is 2.92. The van der Waals surface area contributed by atoms with Crippen molar-refractivity contribution in [3.8, 4) is 22.3 Å². The Labute approximate surface area is 235 Å². The second-order valence-electron chi connectivity index (χ2n) is 11.9. The van der Waals surface area contributed by atoms with Crippen molar-refractivity contribution >= 4 is 17.8 Å². The first-order chi connectivity index (χ1) is 19.0. The van der Waals surface area contributed by atoms with Gasteiger partial charge in [0.25, 0.3) is 0 Å². The zero-order valence-electron chi connectivity index (χ0n) is 23.1. The van der Waals surface area contributed by atoms with E-state index in [1.165, 1.54) is 4.90 Å². The summed E-state index contributed by atoms with van der Waals surface area (Å²) in [6, 6.07) is 20.1. The van der Waals surface area contributed by atoms with E-state index in [-0.39, 0.29) is 17.9 Å². The van der Waals surface area contributed by atoms with Gasteiger partial charge >= 0.3 is 6.09 Å². The summed E-state index contributed by atoms with van der Waals surface area (Å²) in [4.78, 5) is 30.1. The lowest BCUT2D eigenvalue weighted by molar-refractivity contribution is -0.117. The Hall–Kier alpha value is -3.75. The van der Waals surface area contributed by atoms with Crippen LogP contribution in [-0.2, 0) is 10.3 Å². The Balaban J connectivity index is 1.30. The quantitative estimate of drug-likeness (QED) is 0.307.